The Morgan fingerprint density at radius 3 is 2.52 bits per heavy atom. The van der Waals surface area contributed by atoms with Crippen molar-refractivity contribution in [1.82, 2.24) is 5.32 Å². The highest BCUT2D eigenvalue weighted by Gasteiger charge is 2.23. The van der Waals surface area contributed by atoms with Gasteiger partial charge in [0, 0.05) is 4.47 Å². The van der Waals surface area contributed by atoms with Crippen LogP contribution in [0, 0.1) is 0 Å². The van der Waals surface area contributed by atoms with Crippen molar-refractivity contribution in [3.05, 3.63) is 57.4 Å². The molecule has 1 fully saturated rings. The number of phenols is 2. The molecule has 1 aliphatic heterocycles. The summed E-state index contributed by atoms with van der Waals surface area (Å²) in [4.78, 5) is 16.8. The standard InChI is InChI=1S/C16H11BrN2O3S/c17-10-2-4-11(5-3-10)18-16-19-15(22)14(23-16)8-9-1-6-12(20)13(21)7-9/h1-8,20-21H,(H,18,19,22)/b14-8+. The molecule has 116 valence electrons. The highest BCUT2D eigenvalue weighted by molar-refractivity contribution is 9.10. The molecule has 0 spiro atoms. The van der Waals surface area contributed by atoms with Gasteiger partial charge in [-0.05, 0) is 59.8 Å². The van der Waals surface area contributed by atoms with Gasteiger partial charge in [-0.1, -0.05) is 22.0 Å². The zero-order chi connectivity index (χ0) is 16.4. The van der Waals surface area contributed by atoms with Gasteiger partial charge in [-0.25, -0.2) is 4.99 Å². The van der Waals surface area contributed by atoms with Gasteiger partial charge in [-0.15, -0.1) is 0 Å². The fourth-order valence-corrected chi connectivity index (χ4v) is 3.00. The third-order valence-corrected chi connectivity index (χ3v) is 4.44. The molecule has 1 saturated heterocycles. The summed E-state index contributed by atoms with van der Waals surface area (Å²) in [6.45, 7) is 0. The Kier molecular flexibility index (Phi) is 4.40. The van der Waals surface area contributed by atoms with Crippen molar-refractivity contribution in [2.45, 2.75) is 0 Å². The number of carbonyl (C=O) groups is 1. The van der Waals surface area contributed by atoms with Crippen LogP contribution in [0.25, 0.3) is 6.08 Å². The van der Waals surface area contributed by atoms with Crippen LogP contribution in [0.5, 0.6) is 11.5 Å². The van der Waals surface area contributed by atoms with E-state index in [2.05, 4.69) is 26.2 Å². The van der Waals surface area contributed by atoms with Crippen LogP contribution in [0.2, 0.25) is 0 Å². The first-order valence-electron chi connectivity index (χ1n) is 6.58. The number of aromatic hydroxyl groups is 2. The quantitative estimate of drug-likeness (QED) is 0.538. The maximum atomic E-state index is 12.0. The van der Waals surface area contributed by atoms with E-state index < -0.39 is 0 Å². The average Bonchev–Trinajstić information content (AvgIpc) is 2.85. The largest absolute Gasteiger partial charge is 0.504 e. The van der Waals surface area contributed by atoms with Gasteiger partial charge in [0.2, 0.25) is 0 Å². The van der Waals surface area contributed by atoms with Crippen molar-refractivity contribution in [3.8, 4) is 11.5 Å². The van der Waals surface area contributed by atoms with Gasteiger partial charge in [0.25, 0.3) is 5.91 Å². The molecule has 1 aliphatic rings. The predicted molar refractivity (Wildman–Crippen MR) is 94.7 cm³/mol. The topological polar surface area (TPSA) is 81.9 Å². The number of hydrogen-bond donors (Lipinski definition) is 3. The zero-order valence-electron chi connectivity index (χ0n) is 11.7. The molecule has 23 heavy (non-hydrogen) atoms. The number of hydrogen-bond acceptors (Lipinski definition) is 5. The molecular formula is C16H11BrN2O3S. The summed E-state index contributed by atoms with van der Waals surface area (Å²) in [5, 5.41) is 22.0. The zero-order valence-corrected chi connectivity index (χ0v) is 14.1. The molecule has 5 nitrogen and oxygen atoms in total. The number of halogens is 1. The summed E-state index contributed by atoms with van der Waals surface area (Å²) < 4.78 is 0.956. The van der Waals surface area contributed by atoms with Gasteiger partial charge in [0.15, 0.2) is 16.7 Å². The summed E-state index contributed by atoms with van der Waals surface area (Å²) in [7, 11) is 0. The molecule has 0 atom stereocenters. The van der Waals surface area contributed by atoms with Gasteiger partial charge in [0.05, 0.1) is 10.6 Å². The number of amidine groups is 1. The molecule has 1 amide bonds. The van der Waals surface area contributed by atoms with Crippen LogP contribution in [0.3, 0.4) is 0 Å². The minimum Gasteiger partial charge on any atom is -0.504 e. The predicted octanol–water partition coefficient (Wildman–Crippen LogP) is 3.75. The van der Waals surface area contributed by atoms with E-state index in [0.717, 1.165) is 10.2 Å². The van der Waals surface area contributed by atoms with Crippen molar-refractivity contribution in [2.75, 3.05) is 0 Å². The molecular weight excluding hydrogens is 380 g/mol. The Balaban J connectivity index is 1.83. The minimum atomic E-state index is -0.251. The monoisotopic (exact) mass is 390 g/mol. The molecule has 0 aromatic heterocycles. The fourth-order valence-electron chi connectivity index (χ4n) is 1.90. The lowest BCUT2D eigenvalue weighted by molar-refractivity contribution is -0.115. The Bertz CT molecular complexity index is 832. The molecule has 3 N–H and O–H groups in total. The number of rotatable bonds is 2. The Morgan fingerprint density at radius 1 is 1.09 bits per heavy atom. The van der Waals surface area contributed by atoms with Crippen LogP contribution in [-0.2, 0) is 4.79 Å². The van der Waals surface area contributed by atoms with E-state index in [0.29, 0.717) is 15.6 Å². The highest BCUT2D eigenvalue weighted by atomic mass is 79.9. The SMILES string of the molecule is O=C1NC(=Nc2ccc(Br)cc2)S/C1=C/c1ccc(O)c(O)c1. The van der Waals surface area contributed by atoms with E-state index in [-0.39, 0.29) is 17.4 Å². The third kappa shape index (κ3) is 3.75. The van der Waals surface area contributed by atoms with Crippen LogP contribution in [-0.4, -0.2) is 21.3 Å². The summed E-state index contributed by atoms with van der Waals surface area (Å²) in [6, 6.07) is 11.8. The lowest BCUT2D eigenvalue weighted by Crippen LogP contribution is -2.19. The van der Waals surface area contributed by atoms with Crippen molar-refractivity contribution < 1.29 is 15.0 Å². The van der Waals surface area contributed by atoms with Gasteiger partial charge in [0.1, 0.15) is 0 Å². The number of nitrogens with one attached hydrogen (secondary N) is 1. The molecule has 1 heterocycles. The molecule has 2 aromatic rings. The van der Waals surface area contributed by atoms with Crippen LogP contribution < -0.4 is 5.32 Å². The van der Waals surface area contributed by atoms with Crippen molar-refractivity contribution >= 4 is 50.5 Å². The molecule has 3 rings (SSSR count). The van der Waals surface area contributed by atoms with Crippen molar-refractivity contribution in [3.63, 3.8) is 0 Å². The number of aliphatic imine (C=N–C) groups is 1. The Hall–Kier alpha value is -2.25. The number of benzene rings is 2. The van der Waals surface area contributed by atoms with Gasteiger partial charge >= 0.3 is 0 Å². The van der Waals surface area contributed by atoms with E-state index in [4.69, 9.17) is 0 Å². The summed E-state index contributed by atoms with van der Waals surface area (Å²) in [6.07, 6.45) is 1.63. The van der Waals surface area contributed by atoms with E-state index in [9.17, 15) is 15.0 Å². The fraction of sp³-hybridized carbons (Fsp3) is 0. The minimum absolute atomic E-state index is 0.201. The van der Waals surface area contributed by atoms with Crippen molar-refractivity contribution in [1.29, 1.82) is 0 Å². The first kappa shape index (κ1) is 15.6. The number of carbonyl (C=O) groups excluding carboxylic acids is 1. The summed E-state index contributed by atoms with van der Waals surface area (Å²) >= 11 is 4.57. The van der Waals surface area contributed by atoms with E-state index in [1.165, 1.54) is 23.9 Å². The molecule has 2 aromatic carbocycles. The summed E-state index contributed by atoms with van der Waals surface area (Å²) in [5.74, 6) is -0.682. The summed E-state index contributed by atoms with van der Waals surface area (Å²) in [5.41, 5.74) is 1.35. The second-order valence-electron chi connectivity index (χ2n) is 4.71. The van der Waals surface area contributed by atoms with Crippen LogP contribution in [0.15, 0.2) is 56.8 Å². The molecule has 0 aliphatic carbocycles. The third-order valence-electron chi connectivity index (χ3n) is 3.01. The second kappa shape index (κ2) is 6.47. The highest BCUT2D eigenvalue weighted by Crippen LogP contribution is 2.31. The first-order chi connectivity index (χ1) is 11.0. The number of amides is 1. The van der Waals surface area contributed by atoms with E-state index in [1.807, 2.05) is 24.3 Å². The lowest BCUT2D eigenvalue weighted by atomic mass is 10.2. The Labute approximate surface area is 144 Å². The first-order valence-corrected chi connectivity index (χ1v) is 8.19. The molecule has 0 bridgehead atoms. The maximum Gasteiger partial charge on any atom is 0.264 e. The van der Waals surface area contributed by atoms with E-state index >= 15 is 0 Å². The number of thioether (sulfide) groups is 1. The molecule has 0 saturated carbocycles. The van der Waals surface area contributed by atoms with Crippen LogP contribution in [0.4, 0.5) is 5.69 Å². The van der Waals surface area contributed by atoms with Crippen LogP contribution in [0.1, 0.15) is 5.56 Å². The second-order valence-corrected chi connectivity index (χ2v) is 6.65. The normalized spacial score (nSPS) is 17.7. The van der Waals surface area contributed by atoms with Gasteiger partial charge < -0.3 is 15.5 Å². The number of nitrogens with zero attached hydrogens (tertiary/aromatic N) is 1. The van der Waals surface area contributed by atoms with Gasteiger partial charge in [-0.2, -0.15) is 0 Å². The van der Waals surface area contributed by atoms with Gasteiger partial charge in [-0.3, -0.25) is 4.79 Å². The lowest BCUT2D eigenvalue weighted by Gasteiger charge is -1.99. The Morgan fingerprint density at radius 2 is 1.83 bits per heavy atom. The van der Waals surface area contributed by atoms with E-state index in [1.54, 1.807) is 12.1 Å². The van der Waals surface area contributed by atoms with Crippen molar-refractivity contribution in [2.24, 2.45) is 4.99 Å². The molecule has 0 radical (unpaired) electrons. The number of phenolic OH excluding ortho intramolecular Hbond substituents is 2. The smallest absolute Gasteiger partial charge is 0.264 e. The maximum absolute atomic E-state index is 12.0. The average molecular weight is 391 g/mol. The molecule has 0 unspecified atom stereocenters. The van der Waals surface area contributed by atoms with Crippen LogP contribution >= 0.6 is 27.7 Å². The molecule has 7 heteroatoms.